The summed E-state index contributed by atoms with van der Waals surface area (Å²) in [6.07, 6.45) is 16.3. The molecule has 14 nitrogen and oxygen atoms in total. The van der Waals surface area contributed by atoms with Crippen molar-refractivity contribution in [3.05, 3.63) is 115 Å². The zero-order valence-electron chi connectivity index (χ0n) is 51.0. The van der Waals surface area contributed by atoms with Crippen LogP contribution in [0.25, 0.3) is 0 Å². The molecule has 4 spiro atoms. The summed E-state index contributed by atoms with van der Waals surface area (Å²) >= 11 is 24.9. The molecule has 6 atom stereocenters. The first-order valence-corrected chi connectivity index (χ1v) is 32.3. The molecule has 6 saturated carbocycles. The molecule has 4 heterocycles. The van der Waals surface area contributed by atoms with Gasteiger partial charge >= 0.3 is 5.97 Å². The molecule has 4 aromatic rings. The van der Waals surface area contributed by atoms with Crippen molar-refractivity contribution < 1.29 is 52.8 Å². The third kappa shape index (κ3) is 12.2. The van der Waals surface area contributed by atoms with Gasteiger partial charge in [0.05, 0.1) is 41.2 Å². The van der Waals surface area contributed by atoms with Crippen molar-refractivity contribution in [1.82, 2.24) is 9.97 Å². The van der Waals surface area contributed by atoms with Gasteiger partial charge in [-0.3, -0.25) is 19.2 Å². The first-order valence-electron chi connectivity index (χ1n) is 30.8. The molecule has 2 aliphatic heterocycles. The van der Waals surface area contributed by atoms with Crippen LogP contribution in [0.4, 0.5) is 20.2 Å². The van der Waals surface area contributed by atoms with Crippen molar-refractivity contribution in [2.45, 2.75) is 190 Å². The van der Waals surface area contributed by atoms with Crippen LogP contribution in [-0.2, 0) is 39.5 Å². The normalized spacial score (nSPS) is 31.8. The number of Topliss-reactive ketones (excluding diaryl/α,β-unsaturated/α-hetero) is 1. The van der Waals surface area contributed by atoms with Crippen molar-refractivity contribution in [3.63, 3.8) is 0 Å². The Kier molecular flexibility index (Phi) is 20.0. The topological polar surface area (TPSA) is 223 Å². The number of nitrogens with one attached hydrogen (secondary N) is 2. The number of fused-ring (bicyclic) bond motifs is 6. The number of carbonyl (C=O) groups is 4. The second kappa shape index (κ2) is 25.8. The predicted octanol–water partition coefficient (Wildman–Crippen LogP) is 14.5. The lowest BCUT2D eigenvalue weighted by Crippen LogP contribution is -2.52. The van der Waals surface area contributed by atoms with Gasteiger partial charge in [-0.2, -0.15) is 0 Å². The first-order chi connectivity index (χ1) is 41.0. The average molecular weight is 1320 g/mol. The number of nitrogens with zero attached hydrogens (tertiary/aromatic N) is 2. The summed E-state index contributed by atoms with van der Waals surface area (Å²) in [5, 5.41) is 37.4. The molecule has 8 aliphatic rings. The zero-order valence-corrected chi connectivity index (χ0v) is 54.9. The van der Waals surface area contributed by atoms with Crippen LogP contribution in [0.1, 0.15) is 184 Å². The predicted molar refractivity (Wildman–Crippen MR) is 340 cm³/mol. The van der Waals surface area contributed by atoms with Gasteiger partial charge in [-0.05, 0) is 202 Å². The van der Waals surface area contributed by atoms with E-state index in [0.717, 1.165) is 69.8 Å². The van der Waals surface area contributed by atoms with Gasteiger partial charge in [0.15, 0.2) is 21.9 Å². The fourth-order valence-corrected chi connectivity index (χ4v) is 18.3. The zero-order chi connectivity index (χ0) is 62.9. The Labute approximate surface area is 541 Å². The minimum absolute atomic E-state index is 0. The van der Waals surface area contributed by atoms with E-state index in [9.17, 15) is 34.5 Å². The number of benzene rings is 2. The number of carboxylic acids is 1. The third-order valence-corrected chi connectivity index (χ3v) is 23.2. The van der Waals surface area contributed by atoms with Crippen LogP contribution in [0.2, 0.25) is 20.4 Å². The maximum Gasteiger partial charge on any atom is 0.307 e. The highest BCUT2D eigenvalue weighted by Gasteiger charge is 2.74. The van der Waals surface area contributed by atoms with Gasteiger partial charge in [0.25, 0.3) is 0 Å². The number of amides is 2. The fraction of sp³-hybridized carbons (Fsp3) is 0.612. The molecule has 0 bridgehead atoms. The minimum Gasteiger partial charge on any atom is -0.481 e. The summed E-state index contributed by atoms with van der Waals surface area (Å²) in [5.74, 6) is -6.02. The second-order valence-corrected chi connectivity index (χ2v) is 30.1. The average Bonchev–Trinajstić information content (AvgIpc) is 1.51. The number of rotatable bonds is 10. The molecular formula is C67H84Cl5F2N5O9. The van der Waals surface area contributed by atoms with Crippen molar-refractivity contribution in [1.29, 1.82) is 0 Å². The third-order valence-electron chi connectivity index (χ3n) is 22.2. The van der Waals surface area contributed by atoms with Crippen LogP contribution >= 0.6 is 58.8 Å². The molecule has 7 N–H and O–H groups in total. The molecule has 21 heteroatoms. The van der Waals surface area contributed by atoms with Crippen LogP contribution in [0.15, 0.2) is 60.9 Å². The lowest BCUT2D eigenvalue weighted by atomic mass is 9.51. The Morgan fingerprint density at radius 1 is 0.614 bits per heavy atom. The molecule has 2 aromatic heterocycles. The Hall–Kier alpha value is -4.07. The summed E-state index contributed by atoms with van der Waals surface area (Å²) in [4.78, 5) is 63.6. The number of ketones is 1. The number of pyridine rings is 2. The van der Waals surface area contributed by atoms with E-state index >= 15 is 8.78 Å². The van der Waals surface area contributed by atoms with Crippen molar-refractivity contribution in [3.8, 4) is 0 Å². The lowest BCUT2D eigenvalue weighted by Gasteiger charge is -2.51. The van der Waals surface area contributed by atoms with Crippen molar-refractivity contribution in [2.75, 3.05) is 38.1 Å². The van der Waals surface area contributed by atoms with E-state index in [1.54, 1.807) is 50.6 Å². The van der Waals surface area contributed by atoms with E-state index in [-0.39, 0.29) is 87.3 Å². The Bertz CT molecular complexity index is 3280. The van der Waals surface area contributed by atoms with Gasteiger partial charge < -0.3 is 41.2 Å². The summed E-state index contributed by atoms with van der Waals surface area (Å²) < 4.78 is 41.7. The largest absolute Gasteiger partial charge is 0.481 e. The maximum absolute atomic E-state index is 16.1. The van der Waals surface area contributed by atoms with Crippen LogP contribution in [0.3, 0.4) is 0 Å². The van der Waals surface area contributed by atoms with Crippen LogP contribution in [0.5, 0.6) is 0 Å². The van der Waals surface area contributed by atoms with Crippen LogP contribution < -0.4 is 16.4 Å². The molecular weight excluding hydrogens is 1230 g/mol. The molecule has 6 fully saturated rings. The summed E-state index contributed by atoms with van der Waals surface area (Å²) in [5.41, 5.74) is 3.91. The Morgan fingerprint density at radius 2 is 1.00 bits per heavy atom. The molecule has 88 heavy (non-hydrogen) atoms. The molecule has 480 valence electrons. The summed E-state index contributed by atoms with van der Waals surface area (Å²) in [6.45, 7) is 9.61. The molecule has 0 radical (unpaired) electrons. The van der Waals surface area contributed by atoms with Crippen LogP contribution in [-0.4, -0.2) is 93.5 Å². The van der Waals surface area contributed by atoms with Crippen molar-refractivity contribution >= 4 is 93.8 Å². The standard InChI is InChI=1S/C34H41Cl2FN2O4.C25H25Cl2FN2O3.C8H17NO2.ClH/c1-31(2)11-13-32(14-12-31)18-23(26(40)16-20-6-9-33(42,10-7-20)19-43-3)27(22-8-15-38-29(36)28(22)37)34(32)24-5-4-21(35)17-25(24)39-30(34)41;1-23(2)6-8-24(9-7-23)12-15(21(31)32)18(14-5-10-29-20(27)19(14)28)25(24)16-4-3-13(26)11-17(16)30-22(25)33;1-11-6-8(10)4-2-7(9)3-5-8;/h4-5,8,15,17,20,23,27,42H,6-7,9-14,16,18-19H2,1-3H3,(H,39,41);3-5,10-11,15,18H,6-9,12H2,1-2H3,(H,30,33)(H,31,32);7,10H,2-6,9H2,1H3;1H/t20?,23-,27-,33?,34+;15-,18+,25?;;/m01../s1. The lowest BCUT2D eigenvalue weighted by molar-refractivity contribution is -0.142. The second-order valence-electron chi connectivity index (χ2n) is 28.5. The fourth-order valence-electron chi connectivity index (χ4n) is 17.6. The number of aliphatic carboxylic acids is 1. The number of anilines is 2. The van der Waals surface area contributed by atoms with E-state index in [1.807, 2.05) is 6.07 Å². The molecule has 12 rings (SSSR count). The van der Waals surface area contributed by atoms with E-state index in [4.69, 9.17) is 61.6 Å². The Morgan fingerprint density at radius 3 is 1.40 bits per heavy atom. The molecule has 6 aliphatic carbocycles. The number of hydrogen-bond donors (Lipinski definition) is 6. The van der Waals surface area contributed by atoms with Gasteiger partial charge in [-0.1, -0.05) is 86.2 Å². The Balaban J connectivity index is 0.000000181. The molecule has 1 unspecified atom stereocenters. The number of hydrogen-bond acceptors (Lipinski definition) is 11. The minimum atomic E-state index is -1.25. The van der Waals surface area contributed by atoms with E-state index in [0.29, 0.717) is 85.0 Å². The van der Waals surface area contributed by atoms with Gasteiger partial charge in [-0.25, -0.2) is 18.7 Å². The van der Waals surface area contributed by atoms with E-state index < -0.39 is 74.1 Å². The smallest absolute Gasteiger partial charge is 0.307 e. The number of aliphatic hydroxyl groups is 2. The number of aromatic nitrogens is 2. The molecule has 0 saturated heterocycles. The van der Waals surface area contributed by atoms with Gasteiger partial charge in [0.2, 0.25) is 11.8 Å². The maximum atomic E-state index is 16.1. The number of ether oxygens (including phenoxy) is 2. The van der Waals surface area contributed by atoms with Crippen LogP contribution in [0, 0.1) is 51.0 Å². The quantitative estimate of drug-likeness (QED) is 0.0816. The molecule has 2 amide bonds. The highest BCUT2D eigenvalue weighted by atomic mass is 35.5. The first kappa shape index (κ1) is 68.3. The number of carbonyl (C=O) groups excluding carboxylic acids is 3. The highest BCUT2D eigenvalue weighted by Crippen LogP contribution is 2.74. The number of halogens is 7. The summed E-state index contributed by atoms with van der Waals surface area (Å²) in [6, 6.07) is 14.0. The number of nitrogens with two attached hydrogens (primary N) is 1. The van der Waals surface area contributed by atoms with Gasteiger partial charge in [0, 0.05) is 78.2 Å². The highest BCUT2D eigenvalue weighted by molar-refractivity contribution is 6.32. The number of methoxy groups -OCH3 is 2. The monoisotopic (exact) mass is 1320 g/mol. The SMILES string of the molecule is CC1(C)CCC2(CC1)C[C@@H](C(=O)O)[C@H](c1ccnc(Cl)c1F)C21C(=O)Nc2cc(Cl)ccc21.COCC1(O)CCC(CC(=O)[C@@H]2CC3(CCC(C)(C)CC3)[C@@]3(C(=O)Nc4cc(Cl)ccc43)[C@H]2c2ccnc(Cl)c2F)CC1.COCC1(O)CCC(N)CC1.Cl. The van der Waals surface area contributed by atoms with Crippen molar-refractivity contribution in [2.24, 2.45) is 45.1 Å². The van der Waals surface area contributed by atoms with E-state index in [2.05, 4.69) is 48.3 Å². The number of carboxylic acid groups (broad SMARTS) is 1. The van der Waals surface area contributed by atoms with Gasteiger partial charge in [-0.15, -0.1) is 12.4 Å². The van der Waals surface area contributed by atoms with E-state index in [1.165, 1.54) is 18.5 Å². The van der Waals surface area contributed by atoms with Gasteiger partial charge in [0.1, 0.15) is 5.78 Å². The molecule has 2 aromatic carbocycles. The summed E-state index contributed by atoms with van der Waals surface area (Å²) in [7, 11) is 3.20.